The van der Waals surface area contributed by atoms with Crippen LogP contribution in [0.3, 0.4) is 0 Å². The van der Waals surface area contributed by atoms with Crippen molar-refractivity contribution in [2.24, 2.45) is 17.3 Å². The summed E-state index contributed by atoms with van der Waals surface area (Å²) >= 11 is 0. The van der Waals surface area contributed by atoms with Gasteiger partial charge in [-0.2, -0.15) is 0 Å². The fourth-order valence-corrected chi connectivity index (χ4v) is 4.86. The van der Waals surface area contributed by atoms with Gasteiger partial charge in [-0.15, -0.1) is 0 Å². The molecular weight excluding hydrogens is 316 g/mol. The van der Waals surface area contributed by atoms with E-state index in [0.29, 0.717) is 24.7 Å². The van der Waals surface area contributed by atoms with Gasteiger partial charge >= 0.3 is 11.9 Å². The van der Waals surface area contributed by atoms with Gasteiger partial charge in [0.2, 0.25) is 0 Å². The highest BCUT2D eigenvalue weighted by Crippen LogP contribution is 2.40. The molecule has 0 heterocycles. The molecule has 0 unspecified atom stereocenters. The van der Waals surface area contributed by atoms with Crippen LogP contribution < -0.4 is 0 Å². The molecule has 4 heteroatoms. The summed E-state index contributed by atoms with van der Waals surface area (Å²) in [5, 5.41) is 0. The molecule has 0 aromatic heterocycles. The molecule has 25 heavy (non-hydrogen) atoms. The molecule has 2 aliphatic rings. The molecule has 0 radical (unpaired) electrons. The molecule has 0 amide bonds. The maximum absolute atomic E-state index is 12.7. The van der Waals surface area contributed by atoms with Gasteiger partial charge in [-0.05, 0) is 37.5 Å². The van der Waals surface area contributed by atoms with Crippen LogP contribution in [0, 0.1) is 17.3 Å². The highest BCUT2D eigenvalue weighted by molar-refractivity contribution is 5.99. The summed E-state index contributed by atoms with van der Waals surface area (Å²) in [4.78, 5) is 25.3. The second-order valence-corrected chi connectivity index (χ2v) is 8.15. The van der Waals surface area contributed by atoms with Crippen LogP contribution in [0.2, 0.25) is 0 Å². The zero-order chi connectivity index (χ0) is 18.1. The van der Waals surface area contributed by atoms with Crippen LogP contribution in [0.15, 0.2) is 0 Å². The van der Waals surface area contributed by atoms with Gasteiger partial charge < -0.3 is 9.47 Å². The van der Waals surface area contributed by atoms with Crippen LogP contribution in [0.25, 0.3) is 0 Å². The molecule has 144 valence electrons. The van der Waals surface area contributed by atoms with E-state index in [9.17, 15) is 9.59 Å². The van der Waals surface area contributed by atoms with Crippen molar-refractivity contribution in [1.82, 2.24) is 0 Å². The van der Waals surface area contributed by atoms with Crippen molar-refractivity contribution in [3.8, 4) is 0 Å². The average molecular weight is 353 g/mol. The third-order valence-electron chi connectivity index (χ3n) is 6.56. The Bertz CT molecular complexity index is 380. The van der Waals surface area contributed by atoms with E-state index in [1.807, 2.05) is 0 Å². The maximum atomic E-state index is 12.7. The van der Waals surface area contributed by atoms with Gasteiger partial charge in [0.05, 0.1) is 14.2 Å². The summed E-state index contributed by atoms with van der Waals surface area (Å²) < 4.78 is 10.2. The van der Waals surface area contributed by atoms with Crippen molar-refractivity contribution in [1.29, 1.82) is 0 Å². The molecule has 0 bridgehead atoms. The fraction of sp³-hybridized carbons (Fsp3) is 0.905. The van der Waals surface area contributed by atoms with E-state index >= 15 is 0 Å². The molecule has 0 atom stereocenters. The van der Waals surface area contributed by atoms with Crippen molar-refractivity contribution >= 4 is 11.9 Å². The topological polar surface area (TPSA) is 52.6 Å². The number of hydrogen-bond donors (Lipinski definition) is 0. The van der Waals surface area contributed by atoms with Gasteiger partial charge in [0.25, 0.3) is 0 Å². The fourth-order valence-electron chi connectivity index (χ4n) is 4.86. The van der Waals surface area contributed by atoms with E-state index in [-0.39, 0.29) is 0 Å². The first-order chi connectivity index (χ1) is 12.1. The summed E-state index contributed by atoms with van der Waals surface area (Å²) in [5.74, 6) is 0.478. The van der Waals surface area contributed by atoms with Crippen molar-refractivity contribution in [3.63, 3.8) is 0 Å². The zero-order valence-corrected chi connectivity index (χ0v) is 16.2. The first kappa shape index (κ1) is 20.3. The minimum atomic E-state index is -1.10. The number of ether oxygens (including phenoxy) is 2. The van der Waals surface area contributed by atoms with Crippen LogP contribution in [-0.2, 0) is 19.1 Å². The molecule has 0 aliphatic heterocycles. The lowest BCUT2D eigenvalue weighted by Gasteiger charge is -2.32. The Morgan fingerprint density at radius 2 is 1.08 bits per heavy atom. The van der Waals surface area contributed by atoms with Crippen molar-refractivity contribution in [2.45, 2.75) is 89.9 Å². The summed E-state index contributed by atoms with van der Waals surface area (Å²) in [5.41, 5.74) is -1.10. The van der Waals surface area contributed by atoms with Crippen LogP contribution in [0.4, 0.5) is 0 Å². The van der Waals surface area contributed by atoms with Crippen molar-refractivity contribution in [3.05, 3.63) is 0 Å². The molecule has 0 spiro atoms. The second kappa shape index (κ2) is 10.2. The molecule has 2 fully saturated rings. The maximum Gasteiger partial charge on any atom is 0.323 e. The number of carbonyl (C=O) groups is 2. The number of esters is 2. The molecule has 0 saturated heterocycles. The largest absolute Gasteiger partial charge is 0.468 e. The lowest BCUT2D eigenvalue weighted by atomic mass is 9.72. The van der Waals surface area contributed by atoms with Crippen LogP contribution in [0.1, 0.15) is 89.9 Å². The minimum Gasteiger partial charge on any atom is -0.468 e. The van der Waals surface area contributed by atoms with Gasteiger partial charge in [0.15, 0.2) is 5.41 Å². The quantitative estimate of drug-likeness (QED) is 0.453. The van der Waals surface area contributed by atoms with Crippen LogP contribution in [-0.4, -0.2) is 26.2 Å². The van der Waals surface area contributed by atoms with E-state index < -0.39 is 17.4 Å². The second-order valence-electron chi connectivity index (χ2n) is 8.15. The highest BCUT2D eigenvalue weighted by Gasteiger charge is 2.48. The van der Waals surface area contributed by atoms with Gasteiger partial charge in [0, 0.05) is 0 Å². The van der Waals surface area contributed by atoms with E-state index in [4.69, 9.17) is 9.47 Å². The first-order valence-electron chi connectivity index (χ1n) is 10.3. The van der Waals surface area contributed by atoms with E-state index in [1.165, 1.54) is 78.4 Å². The molecule has 0 N–H and O–H groups in total. The molecule has 2 rings (SSSR count). The third-order valence-corrected chi connectivity index (χ3v) is 6.56. The number of carbonyl (C=O) groups excluding carboxylic acids is 2. The summed E-state index contributed by atoms with van der Waals surface area (Å²) in [6, 6.07) is 0. The standard InChI is InChI=1S/C21H36O4/c1-24-19(22)21(20(23)25-2,15-13-17-9-5-3-6-10-17)16-14-18-11-7-4-8-12-18/h17-18H,3-16H2,1-2H3. The summed E-state index contributed by atoms with van der Waals surface area (Å²) in [7, 11) is 2.78. The Morgan fingerprint density at radius 3 is 1.40 bits per heavy atom. The van der Waals surface area contributed by atoms with Crippen molar-refractivity contribution in [2.75, 3.05) is 14.2 Å². The normalized spacial score (nSPS) is 20.2. The lowest BCUT2D eigenvalue weighted by Crippen LogP contribution is -2.42. The number of rotatable bonds is 8. The zero-order valence-electron chi connectivity index (χ0n) is 16.2. The third kappa shape index (κ3) is 5.46. The van der Waals surface area contributed by atoms with Gasteiger partial charge in [0.1, 0.15) is 0 Å². The van der Waals surface area contributed by atoms with Crippen LogP contribution >= 0.6 is 0 Å². The van der Waals surface area contributed by atoms with E-state index in [0.717, 1.165) is 12.8 Å². The number of hydrogen-bond acceptors (Lipinski definition) is 4. The molecular formula is C21H36O4. The molecule has 0 aromatic rings. The SMILES string of the molecule is COC(=O)C(CCC1CCCCC1)(CCC1CCCCC1)C(=O)OC. The van der Waals surface area contributed by atoms with Gasteiger partial charge in [-0.3, -0.25) is 9.59 Å². The minimum absolute atomic E-state index is 0.397. The van der Waals surface area contributed by atoms with Gasteiger partial charge in [-0.1, -0.05) is 64.2 Å². The van der Waals surface area contributed by atoms with Gasteiger partial charge in [-0.25, -0.2) is 0 Å². The number of methoxy groups -OCH3 is 2. The predicted molar refractivity (Wildman–Crippen MR) is 98.1 cm³/mol. The summed E-state index contributed by atoms with van der Waals surface area (Å²) in [6.45, 7) is 0. The molecule has 4 nitrogen and oxygen atoms in total. The highest BCUT2D eigenvalue weighted by atomic mass is 16.5. The Labute approximate surface area is 153 Å². The van der Waals surface area contributed by atoms with E-state index in [1.54, 1.807) is 0 Å². The molecule has 2 saturated carbocycles. The van der Waals surface area contributed by atoms with Crippen molar-refractivity contribution < 1.29 is 19.1 Å². The Hall–Kier alpha value is -1.06. The Morgan fingerprint density at radius 1 is 0.720 bits per heavy atom. The predicted octanol–water partition coefficient (Wildman–Crippen LogP) is 5.04. The Balaban J connectivity index is 2.05. The molecule has 0 aromatic carbocycles. The monoisotopic (exact) mass is 352 g/mol. The lowest BCUT2D eigenvalue weighted by molar-refractivity contribution is -0.171. The van der Waals surface area contributed by atoms with Crippen LogP contribution in [0.5, 0.6) is 0 Å². The Kier molecular flexibility index (Phi) is 8.25. The smallest absolute Gasteiger partial charge is 0.323 e. The first-order valence-corrected chi connectivity index (χ1v) is 10.3. The summed E-state index contributed by atoms with van der Waals surface area (Å²) in [6.07, 6.45) is 15.6. The molecule has 2 aliphatic carbocycles. The van der Waals surface area contributed by atoms with E-state index in [2.05, 4.69) is 0 Å². The average Bonchev–Trinajstić information content (AvgIpc) is 2.68.